The van der Waals surface area contributed by atoms with Crippen molar-refractivity contribution in [2.75, 3.05) is 26.2 Å². The van der Waals surface area contributed by atoms with Crippen molar-refractivity contribution in [2.45, 2.75) is 32.8 Å². The van der Waals surface area contributed by atoms with Gasteiger partial charge in [-0.1, -0.05) is 23.4 Å². The summed E-state index contributed by atoms with van der Waals surface area (Å²) >= 11 is 0. The Kier molecular flexibility index (Phi) is 8.26. The maximum absolute atomic E-state index is 12.3. The van der Waals surface area contributed by atoms with Gasteiger partial charge in [0.2, 0.25) is 11.8 Å². The molecule has 1 aliphatic heterocycles. The van der Waals surface area contributed by atoms with E-state index in [-0.39, 0.29) is 17.7 Å². The number of piperidine rings is 1. The standard InChI is InChI=1S/C22H30N4O4/c1-16(27)24-9-10-25-22(28)12-17-7-8-23-14-18(17)11-19-13-21(30-26-19)15-29-20-5-3-2-4-6-20/h2-6,13,17-18,23H,7-12,14-15H2,1H3,(H,24,27)(H,25,28)/t17-,18+/m1/s1. The summed E-state index contributed by atoms with van der Waals surface area (Å²) in [5, 5.41) is 13.2. The highest BCUT2D eigenvalue weighted by Crippen LogP contribution is 2.26. The first-order valence-electron chi connectivity index (χ1n) is 10.4. The molecule has 1 aliphatic rings. The summed E-state index contributed by atoms with van der Waals surface area (Å²) in [6.07, 6.45) is 2.19. The molecule has 2 amide bonds. The number of para-hydroxylation sites is 1. The summed E-state index contributed by atoms with van der Waals surface area (Å²) in [5.74, 6) is 2.00. The smallest absolute Gasteiger partial charge is 0.220 e. The van der Waals surface area contributed by atoms with E-state index >= 15 is 0 Å². The minimum absolute atomic E-state index is 0.0226. The number of nitrogens with one attached hydrogen (secondary N) is 3. The van der Waals surface area contributed by atoms with Crippen LogP contribution in [0.5, 0.6) is 5.75 Å². The highest BCUT2D eigenvalue weighted by atomic mass is 16.5. The van der Waals surface area contributed by atoms with Crippen molar-refractivity contribution in [3.63, 3.8) is 0 Å². The summed E-state index contributed by atoms with van der Waals surface area (Å²) in [6.45, 7) is 4.46. The van der Waals surface area contributed by atoms with Crippen LogP contribution in [0.15, 0.2) is 40.9 Å². The number of carbonyl (C=O) groups is 2. The van der Waals surface area contributed by atoms with Crippen molar-refractivity contribution in [2.24, 2.45) is 11.8 Å². The fourth-order valence-electron chi connectivity index (χ4n) is 3.70. The molecule has 0 unspecified atom stereocenters. The number of carbonyl (C=O) groups excluding carboxylic acids is 2. The lowest BCUT2D eigenvalue weighted by Gasteiger charge is -2.31. The van der Waals surface area contributed by atoms with Crippen LogP contribution >= 0.6 is 0 Å². The molecule has 30 heavy (non-hydrogen) atoms. The second-order valence-electron chi connectivity index (χ2n) is 7.64. The maximum atomic E-state index is 12.3. The molecule has 0 aliphatic carbocycles. The number of hydrogen-bond acceptors (Lipinski definition) is 6. The van der Waals surface area contributed by atoms with E-state index in [4.69, 9.17) is 9.26 Å². The van der Waals surface area contributed by atoms with Crippen LogP contribution in [0.4, 0.5) is 0 Å². The Balaban J connectivity index is 1.46. The first-order chi connectivity index (χ1) is 14.6. The van der Waals surface area contributed by atoms with Gasteiger partial charge < -0.3 is 25.2 Å². The average Bonchev–Trinajstić information content (AvgIpc) is 3.19. The first kappa shape index (κ1) is 21.8. The minimum Gasteiger partial charge on any atom is -0.486 e. The number of benzene rings is 1. The van der Waals surface area contributed by atoms with E-state index in [0.717, 1.165) is 37.4 Å². The molecule has 0 radical (unpaired) electrons. The monoisotopic (exact) mass is 414 g/mol. The molecule has 0 saturated carbocycles. The van der Waals surface area contributed by atoms with Gasteiger partial charge in [-0.05, 0) is 49.9 Å². The van der Waals surface area contributed by atoms with Crippen molar-refractivity contribution in [1.82, 2.24) is 21.1 Å². The van der Waals surface area contributed by atoms with Gasteiger partial charge >= 0.3 is 0 Å². The van der Waals surface area contributed by atoms with Gasteiger partial charge in [-0.25, -0.2) is 0 Å². The van der Waals surface area contributed by atoms with Crippen LogP contribution in [-0.4, -0.2) is 43.2 Å². The largest absolute Gasteiger partial charge is 0.486 e. The molecule has 1 fully saturated rings. The molecule has 2 heterocycles. The lowest BCUT2D eigenvalue weighted by molar-refractivity contribution is -0.123. The maximum Gasteiger partial charge on any atom is 0.220 e. The van der Waals surface area contributed by atoms with Crippen molar-refractivity contribution >= 4 is 11.8 Å². The van der Waals surface area contributed by atoms with E-state index < -0.39 is 0 Å². The highest BCUT2D eigenvalue weighted by Gasteiger charge is 2.28. The molecule has 2 aromatic rings. The molecule has 2 atom stereocenters. The molecule has 8 nitrogen and oxygen atoms in total. The summed E-state index contributed by atoms with van der Waals surface area (Å²) in [5.41, 5.74) is 0.881. The number of hydrogen-bond donors (Lipinski definition) is 3. The zero-order chi connectivity index (χ0) is 21.2. The summed E-state index contributed by atoms with van der Waals surface area (Å²) in [6, 6.07) is 11.5. The topological polar surface area (TPSA) is 105 Å². The Hall–Kier alpha value is -2.87. The molecule has 1 aromatic carbocycles. The molecule has 3 N–H and O–H groups in total. The van der Waals surface area contributed by atoms with E-state index in [0.29, 0.717) is 37.8 Å². The molecule has 3 rings (SSSR count). The summed E-state index contributed by atoms with van der Waals surface area (Å²) < 4.78 is 11.1. The molecular formula is C22H30N4O4. The third kappa shape index (κ3) is 7.18. The molecule has 162 valence electrons. The third-order valence-electron chi connectivity index (χ3n) is 5.24. The zero-order valence-electron chi connectivity index (χ0n) is 17.4. The number of nitrogens with zero attached hydrogens (tertiary/aromatic N) is 1. The number of rotatable bonds is 10. The van der Waals surface area contributed by atoms with Gasteiger partial charge in [0.1, 0.15) is 12.4 Å². The van der Waals surface area contributed by atoms with Gasteiger partial charge in [0, 0.05) is 32.5 Å². The lowest BCUT2D eigenvalue weighted by atomic mass is 9.81. The summed E-state index contributed by atoms with van der Waals surface area (Å²) in [4.78, 5) is 23.2. The predicted molar refractivity (Wildman–Crippen MR) is 112 cm³/mol. The van der Waals surface area contributed by atoms with E-state index in [2.05, 4.69) is 21.1 Å². The zero-order valence-corrected chi connectivity index (χ0v) is 17.4. The van der Waals surface area contributed by atoms with Gasteiger partial charge in [0.05, 0.1) is 5.69 Å². The van der Waals surface area contributed by atoms with Crippen molar-refractivity contribution < 1.29 is 18.8 Å². The Morgan fingerprint density at radius 3 is 2.80 bits per heavy atom. The van der Waals surface area contributed by atoms with Gasteiger partial charge in [-0.3, -0.25) is 9.59 Å². The molecule has 0 bridgehead atoms. The minimum atomic E-state index is -0.0937. The van der Waals surface area contributed by atoms with Gasteiger partial charge in [-0.2, -0.15) is 0 Å². The van der Waals surface area contributed by atoms with Crippen LogP contribution in [0.3, 0.4) is 0 Å². The fraction of sp³-hybridized carbons (Fsp3) is 0.500. The Bertz CT molecular complexity index is 808. The van der Waals surface area contributed by atoms with Crippen LogP contribution in [-0.2, 0) is 22.6 Å². The average molecular weight is 415 g/mol. The third-order valence-corrected chi connectivity index (χ3v) is 5.24. The van der Waals surface area contributed by atoms with Gasteiger partial charge in [0.25, 0.3) is 0 Å². The van der Waals surface area contributed by atoms with Gasteiger partial charge in [-0.15, -0.1) is 0 Å². The quantitative estimate of drug-likeness (QED) is 0.511. The Morgan fingerprint density at radius 1 is 1.20 bits per heavy atom. The van der Waals surface area contributed by atoms with Crippen LogP contribution in [0.1, 0.15) is 31.2 Å². The second-order valence-corrected chi connectivity index (χ2v) is 7.64. The molecular weight excluding hydrogens is 384 g/mol. The molecule has 1 aromatic heterocycles. The number of aromatic nitrogens is 1. The Morgan fingerprint density at radius 2 is 2.00 bits per heavy atom. The van der Waals surface area contributed by atoms with E-state index in [1.165, 1.54) is 6.92 Å². The lowest BCUT2D eigenvalue weighted by Crippen LogP contribution is -2.41. The van der Waals surface area contributed by atoms with E-state index in [1.807, 2.05) is 36.4 Å². The molecule has 8 heteroatoms. The normalized spacial score (nSPS) is 18.6. The summed E-state index contributed by atoms with van der Waals surface area (Å²) in [7, 11) is 0. The van der Waals surface area contributed by atoms with Crippen molar-refractivity contribution in [3.05, 3.63) is 47.9 Å². The fourth-order valence-corrected chi connectivity index (χ4v) is 3.70. The van der Waals surface area contributed by atoms with E-state index in [1.54, 1.807) is 0 Å². The second kappa shape index (κ2) is 11.3. The van der Waals surface area contributed by atoms with Crippen LogP contribution in [0.25, 0.3) is 0 Å². The van der Waals surface area contributed by atoms with Crippen molar-refractivity contribution in [1.29, 1.82) is 0 Å². The van der Waals surface area contributed by atoms with Crippen LogP contribution in [0.2, 0.25) is 0 Å². The first-order valence-corrected chi connectivity index (χ1v) is 10.4. The number of amides is 2. The van der Waals surface area contributed by atoms with Crippen molar-refractivity contribution in [3.8, 4) is 5.75 Å². The predicted octanol–water partition coefficient (Wildman–Crippen LogP) is 1.66. The van der Waals surface area contributed by atoms with Crippen LogP contribution in [0, 0.1) is 11.8 Å². The Labute approximate surface area is 176 Å². The van der Waals surface area contributed by atoms with Crippen LogP contribution < -0.4 is 20.7 Å². The SMILES string of the molecule is CC(=O)NCCNC(=O)C[C@H]1CCNC[C@@H]1Cc1cc(COc2ccccc2)on1. The van der Waals surface area contributed by atoms with Gasteiger partial charge in [0.15, 0.2) is 5.76 Å². The highest BCUT2D eigenvalue weighted by molar-refractivity contribution is 5.76. The van der Waals surface area contributed by atoms with E-state index in [9.17, 15) is 9.59 Å². The molecule has 0 spiro atoms. The molecule has 1 saturated heterocycles. The number of ether oxygens (including phenoxy) is 1.